The van der Waals surface area contributed by atoms with Gasteiger partial charge in [-0.1, -0.05) is 79.5 Å². The topological polar surface area (TPSA) is 138 Å². The van der Waals surface area contributed by atoms with Gasteiger partial charge >= 0.3 is 0 Å². The number of carbonyl (C=O) groups is 1. The number of rotatable bonds is 20. The Balaban J connectivity index is 1.20. The molecule has 5 aliphatic rings. The Morgan fingerprint density at radius 1 is 0.881 bits per heavy atom. The Morgan fingerprint density at radius 3 is 2.40 bits per heavy atom. The maximum absolute atomic E-state index is 15.2. The van der Waals surface area contributed by atoms with Gasteiger partial charge in [-0.3, -0.25) is 4.79 Å². The lowest BCUT2D eigenvalue weighted by atomic mass is 9.55. The summed E-state index contributed by atoms with van der Waals surface area (Å²) in [5.74, 6) is 1.01. The molecule has 1 amide bonds. The van der Waals surface area contributed by atoms with E-state index in [1.54, 1.807) is 24.3 Å². The minimum atomic E-state index is -1.40. The lowest BCUT2D eigenvalue weighted by molar-refractivity contribution is -0.254. The SMILES string of the molecule is C=CCO[C@@]12Oc3ccc(Oc4ccc(-c5ccccc5)cc4)cc3[C@H]3[C@H](CCCCO)[C@@H](CCCCO)C=C(C(=NOC4CCCCO4)C[C@@H]1N(CCC)C(=O)c1ccc4c(c1)OCO4)[C@H]32. The van der Waals surface area contributed by atoms with E-state index in [2.05, 4.69) is 49.9 Å². The number of carbonyl (C=O) groups excluding carboxylic acids is 1. The van der Waals surface area contributed by atoms with Crippen LogP contribution in [0.25, 0.3) is 11.1 Å². The molecule has 3 aliphatic heterocycles. The molecule has 0 bridgehead atoms. The van der Waals surface area contributed by atoms with Crippen LogP contribution in [0.15, 0.2) is 120 Å². The van der Waals surface area contributed by atoms with Crippen LogP contribution >= 0.6 is 0 Å². The van der Waals surface area contributed by atoms with E-state index in [0.29, 0.717) is 66.7 Å². The Labute approximate surface area is 394 Å². The molecule has 9 rings (SSSR count). The fourth-order valence-corrected chi connectivity index (χ4v) is 10.9. The summed E-state index contributed by atoms with van der Waals surface area (Å²) in [5, 5.41) is 25.1. The number of benzene rings is 4. The maximum Gasteiger partial charge on any atom is 0.254 e. The predicted octanol–water partition coefficient (Wildman–Crippen LogP) is 10.6. The van der Waals surface area contributed by atoms with Gasteiger partial charge in [-0.2, -0.15) is 0 Å². The molecule has 2 fully saturated rings. The highest BCUT2D eigenvalue weighted by Crippen LogP contribution is 2.62. The van der Waals surface area contributed by atoms with Crippen molar-refractivity contribution in [2.75, 3.05) is 39.8 Å². The number of nitrogens with zero attached hydrogens (tertiary/aromatic N) is 2. The molecule has 0 spiro atoms. The van der Waals surface area contributed by atoms with Crippen LogP contribution in [0.4, 0.5) is 0 Å². The highest BCUT2D eigenvalue weighted by atomic mass is 16.8. The molecule has 0 aromatic heterocycles. The Hall–Kier alpha value is -5.66. The molecule has 3 heterocycles. The second kappa shape index (κ2) is 21.5. The highest BCUT2D eigenvalue weighted by molar-refractivity contribution is 6.03. The predicted molar refractivity (Wildman–Crippen MR) is 255 cm³/mol. The summed E-state index contributed by atoms with van der Waals surface area (Å²) < 4.78 is 38.8. The molecule has 7 atom stereocenters. The molecule has 12 nitrogen and oxygen atoms in total. The summed E-state index contributed by atoms with van der Waals surface area (Å²) in [6.07, 6.45) is 11.9. The third-order valence-electron chi connectivity index (χ3n) is 14.0. The molecule has 4 aromatic rings. The molecule has 67 heavy (non-hydrogen) atoms. The molecule has 1 saturated carbocycles. The molecule has 1 unspecified atom stereocenters. The molecule has 2 N–H and O–H groups in total. The second-order valence-corrected chi connectivity index (χ2v) is 18.2. The lowest BCUT2D eigenvalue weighted by Gasteiger charge is -2.60. The molecule has 0 radical (unpaired) electrons. The Bertz CT molecular complexity index is 2380. The van der Waals surface area contributed by atoms with E-state index < -0.39 is 24.0 Å². The summed E-state index contributed by atoms with van der Waals surface area (Å²) >= 11 is 0. The molecule has 2 aliphatic carbocycles. The number of ether oxygens (including phenoxy) is 6. The van der Waals surface area contributed by atoms with E-state index in [-0.39, 0.29) is 56.7 Å². The zero-order valence-corrected chi connectivity index (χ0v) is 38.6. The first kappa shape index (κ1) is 46.5. The minimum absolute atomic E-state index is 0.0561. The zero-order chi connectivity index (χ0) is 46.2. The number of fused-ring (bicyclic) bond motifs is 3. The molecule has 4 aromatic carbocycles. The van der Waals surface area contributed by atoms with Crippen LogP contribution in [0.3, 0.4) is 0 Å². The fourth-order valence-electron chi connectivity index (χ4n) is 10.9. The summed E-state index contributed by atoms with van der Waals surface area (Å²) in [6.45, 7) is 7.62. The Kier molecular flexibility index (Phi) is 14.9. The maximum atomic E-state index is 15.2. The van der Waals surface area contributed by atoms with Crippen molar-refractivity contribution >= 4 is 11.6 Å². The highest BCUT2D eigenvalue weighted by Gasteiger charge is 2.65. The van der Waals surface area contributed by atoms with Crippen molar-refractivity contribution in [2.45, 2.75) is 102 Å². The van der Waals surface area contributed by atoms with Crippen LogP contribution in [0.2, 0.25) is 0 Å². The smallest absolute Gasteiger partial charge is 0.254 e. The van der Waals surface area contributed by atoms with Gasteiger partial charge < -0.3 is 48.4 Å². The fraction of sp³-hybridized carbons (Fsp3) is 0.455. The van der Waals surface area contributed by atoms with Crippen LogP contribution < -0.4 is 18.9 Å². The number of aliphatic hydroxyl groups excluding tert-OH is 2. The van der Waals surface area contributed by atoms with Gasteiger partial charge in [-0.05, 0) is 122 Å². The molecular weight excluding hydrogens is 849 g/mol. The number of aliphatic hydroxyl groups is 2. The number of amides is 1. The molecule has 354 valence electrons. The van der Waals surface area contributed by atoms with Gasteiger partial charge in [0.05, 0.1) is 24.8 Å². The largest absolute Gasteiger partial charge is 0.459 e. The van der Waals surface area contributed by atoms with Crippen molar-refractivity contribution in [1.82, 2.24) is 4.90 Å². The number of oxime groups is 1. The summed E-state index contributed by atoms with van der Waals surface area (Å²) in [7, 11) is 0. The lowest BCUT2D eigenvalue weighted by Crippen LogP contribution is -2.70. The summed E-state index contributed by atoms with van der Waals surface area (Å²) in [5.41, 5.74) is 5.36. The monoisotopic (exact) mass is 912 g/mol. The van der Waals surface area contributed by atoms with Gasteiger partial charge in [0.1, 0.15) is 23.3 Å². The van der Waals surface area contributed by atoms with Gasteiger partial charge in [0, 0.05) is 49.6 Å². The van der Waals surface area contributed by atoms with Crippen molar-refractivity contribution in [2.24, 2.45) is 22.9 Å². The molecule has 1 saturated heterocycles. The van der Waals surface area contributed by atoms with Gasteiger partial charge in [0.2, 0.25) is 18.9 Å². The first-order chi connectivity index (χ1) is 32.9. The molecular formula is C55H64N2O10. The van der Waals surface area contributed by atoms with Gasteiger partial charge in [0.15, 0.2) is 11.5 Å². The average molecular weight is 913 g/mol. The van der Waals surface area contributed by atoms with Crippen LogP contribution in [-0.2, 0) is 14.3 Å². The summed E-state index contributed by atoms with van der Waals surface area (Å²) in [6, 6.07) is 29.1. The van der Waals surface area contributed by atoms with Crippen LogP contribution in [0.1, 0.15) is 99.4 Å². The van der Waals surface area contributed by atoms with E-state index >= 15 is 4.79 Å². The number of allylic oxidation sites excluding steroid dienone is 1. The average Bonchev–Trinajstić information content (AvgIpc) is 3.85. The minimum Gasteiger partial charge on any atom is -0.459 e. The van der Waals surface area contributed by atoms with Gasteiger partial charge in [0.25, 0.3) is 5.91 Å². The molecule has 12 heteroatoms. The van der Waals surface area contributed by atoms with Crippen LogP contribution in [0.5, 0.6) is 28.7 Å². The number of hydrogen-bond acceptors (Lipinski definition) is 11. The van der Waals surface area contributed by atoms with E-state index in [1.807, 2.05) is 47.4 Å². The van der Waals surface area contributed by atoms with Gasteiger partial charge in [-0.15, -0.1) is 6.58 Å². The third-order valence-corrected chi connectivity index (χ3v) is 14.0. The van der Waals surface area contributed by atoms with Crippen molar-refractivity contribution in [3.63, 3.8) is 0 Å². The van der Waals surface area contributed by atoms with E-state index in [0.717, 1.165) is 72.9 Å². The van der Waals surface area contributed by atoms with E-state index in [9.17, 15) is 10.2 Å². The number of unbranched alkanes of at least 4 members (excludes halogenated alkanes) is 2. The number of hydrogen-bond donors (Lipinski definition) is 2. The quantitative estimate of drug-likeness (QED) is 0.0501. The normalized spacial score (nSPS) is 25.3. The zero-order valence-electron chi connectivity index (χ0n) is 38.6. The van der Waals surface area contributed by atoms with Crippen molar-refractivity contribution in [3.8, 4) is 39.9 Å². The second-order valence-electron chi connectivity index (χ2n) is 18.2. The van der Waals surface area contributed by atoms with Crippen molar-refractivity contribution in [3.05, 3.63) is 126 Å². The van der Waals surface area contributed by atoms with Gasteiger partial charge in [-0.25, -0.2) is 0 Å². The first-order valence-corrected chi connectivity index (χ1v) is 24.3. The van der Waals surface area contributed by atoms with Crippen LogP contribution in [-0.4, -0.2) is 84.6 Å². The van der Waals surface area contributed by atoms with Crippen molar-refractivity contribution < 1.29 is 48.3 Å². The Morgan fingerprint density at radius 2 is 1.64 bits per heavy atom. The van der Waals surface area contributed by atoms with E-state index in [4.69, 9.17) is 38.4 Å². The summed E-state index contributed by atoms with van der Waals surface area (Å²) in [4.78, 5) is 23.5. The first-order valence-electron chi connectivity index (χ1n) is 24.3. The third kappa shape index (κ3) is 9.86. The standard InChI is InChI=1S/C55H64N2O10/c1-3-27-57(54(60)40-21-25-48-49(33-40)63-36-62-48)50-35-46(56-67-51-18-10-13-31-61-51)44-32-39(16-8-11-28-58)43(17-9-12-29-59)52-45-34-42(24-26-47(45)66-55(50,53(44)52)64-30-4-2)65-41-22-19-38(20-23-41)37-14-6-5-7-15-37/h4-7,14-15,19-26,32-34,39,43,50-53,58-59H,2-3,8-13,16-18,27-31,35-36H2,1H3/t39-,43+,50-,51?,52+,53+,55+/m0/s1. The van der Waals surface area contributed by atoms with E-state index in [1.165, 1.54) is 0 Å². The van der Waals surface area contributed by atoms with Crippen molar-refractivity contribution in [1.29, 1.82) is 0 Å². The van der Waals surface area contributed by atoms with Crippen LogP contribution in [0, 0.1) is 17.8 Å².